The minimum atomic E-state index is -0.783. The zero-order valence-electron chi connectivity index (χ0n) is 14.4. The number of amides is 1. The first kappa shape index (κ1) is 16.4. The van der Waals surface area contributed by atoms with Gasteiger partial charge in [0.05, 0.1) is 11.6 Å². The SMILES string of the molecule is Cc1cc(C)n2nc(C)c(C(=O)N3CCC(C(=O)O)C(C)C3)c2n1. The van der Waals surface area contributed by atoms with Crippen LogP contribution in [0.4, 0.5) is 0 Å². The number of hydrogen-bond donors (Lipinski definition) is 1. The molecule has 0 aromatic carbocycles. The molecule has 2 unspecified atom stereocenters. The normalized spacial score (nSPS) is 21.2. The topological polar surface area (TPSA) is 87.8 Å². The lowest BCUT2D eigenvalue weighted by Gasteiger charge is -2.34. The number of aryl methyl sites for hydroxylation is 3. The number of piperidine rings is 1. The van der Waals surface area contributed by atoms with Gasteiger partial charge in [-0.25, -0.2) is 9.50 Å². The molecule has 0 aliphatic carbocycles. The molecule has 1 fully saturated rings. The van der Waals surface area contributed by atoms with Crippen LogP contribution in [0.15, 0.2) is 6.07 Å². The second kappa shape index (κ2) is 5.89. The third-order valence-electron chi connectivity index (χ3n) is 4.79. The second-order valence-corrected chi connectivity index (χ2v) is 6.70. The molecule has 7 nitrogen and oxygen atoms in total. The maximum Gasteiger partial charge on any atom is 0.306 e. The zero-order valence-corrected chi connectivity index (χ0v) is 14.4. The molecule has 1 aliphatic heterocycles. The molecular weight excluding hydrogens is 308 g/mol. The van der Waals surface area contributed by atoms with Crippen LogP contribution in [0.2, 0.25) is 0 Å². The van der Waals surface area contributed by atoms with E-state index in [0.717, 1.165) is 11.4 Å². The van der Waals surface area contributed by atoms with Crippen LogP contribution in [0.25, 0.3) is 5.65 Å². The highest BCUT2D eigenvalue weighted by molar-refractivity contribution is 6.01. The van der Waals surface area contributed by atoms with E-state index in [9.17, 15) is 14.7 Å². The lowest BCUT2D eigenvalue weighted by atomic mass is 9.87. The predicted octanol–water partition coefficient (Wildman–Crippen LogP) is 1.84. The highest BCUT2D eigenvalue weighted by Gasteiger charge is 2.34. The van der Waals surface area contributed by atoms with Gasteiger partial charge >= 0.3 is 5.97 Å². The van der Waals surface area contributed by atoms with Crippen molar-refractivity contribution in [1.29, 1.82) is 0 Å². The Balaban J connectivity index is 1.95. The molecule has 0 spiro atoms. The number of aromatic nitrogens is 3. The van der Waals surface area contributed by atoms with Gasteiger partial charge in [0.15, 0.2) is 5.65 Å². The molecule has 0 saturated carbocycles. The van der Waals surface area contributed by atoms with Crippen LogP contribution >= 0.6 is 0 Å². The number of nitrogens with zero attached hydrogens (tertiary/aromatic N) is 4. The molecular formula is C17H22N4O3. The van der Waals surface area contributed by atoms with Crippen LogP contribution in [0.5, 0.6) is 0 Å². The van der Waals surface area contributed by atoms with Crippen LogP contribution in [0.1, 0.15) is 40.8 Å². The lowest BCUT2D eigenvalue weighted by Crippen LogP contribution is -2.45. The highest BCUT2D eigenvalue weighted by Crippen LogP contribution is 2.26. The van der Waals surface area contributed by atoms with Gasteiger partial charge in [0, 0.05) is 24.5 Å². The Kier molecular flexibility index (Phi) is 4.03. The number of carbonyl (C=O) groups excluding carboxylic acids is 1. The Morgan fingerprint density at radius 2 is 2.00 bits per heavy atom. The summed E-state index contributed by atoms with van der Waals surface area (Å²) in [5.41, 5.74) is 3.50. The third kappa shape index (κ3) is 2.64. The predicted molar refractivity (Wildman–Crippen MR) is 88.0 cm³/mol. The first-order chi connectivity index (χ1) is 11.3. The molecule has 128 valence electrons. The average molecular weight is 330 g/mol. The van der Waals surface area contributed by atoms with Gasteiger partial charge in [-0.05, 0) is 39.2 Å². The molecule has 1 saturated heterocycles. The maximum atomic E-state index is 13.0. The van der Waals surface area contributed by atoms with Crippen LogP contribution in [-0.4, -0.2) is 49.6 Å². The minimum Gasteiger partial charge on any atom is -0.481 e. The van der Waals surface area contributed by atoms with Crippen molar-refractivity contribution in [2.24, 2.45) is 11.8 Å². The first-order valence-corrected chi connectivity index (χ1v) is 8.15. The molecule has 2 atom stereocenters. The van der Waals surface area contributed by atoms with Crippen molar-refractivity contribution in [2.75, 3.05) is 13.1 Å². The summed E-state index contributed by atoms with van der Waals surface area (Å²) in [5, 5.41) is 13.7. The summed E-state index contributed by atoms with van der Waals surface area (Å²) in [7, 11) is 0. The van der Waals surface area contributed by atoms with Crippen molar-refractivity contribution in [1.82, 2.24) is 19.5 Å². The molecule has 24 heavy (non-hydrogen) atoms. The number of rotatable bonds is 2. The van der Waals surface area contributed by atoms with E-state index in [0.29, 0.717) is 36.4 Å². The van der Waals surface area contributed by atoms with E-state index >= 15 is 0 Å². The fourth-order valence-corrected chi connectivity index (χ4v) is 3.53. The smallest absolute Gasteiger partial charge is 0.306 e. The fourth-order valence-electron chi connectivity index (χ4n) is 3.53. The summed E-state index contributed by atoms with van der Waals surface area (Å²) >= 11 is 0. The number of likely N-dealkylation sites (tertiary alicyclic amines) is 1. The average Bonchev–Trinajstić information content (AvgIpc) is 2.82. The largest absolute Gasteiger partial charge is 0.481 e. The van der Waals surface area contributed by atoms with Crippen molar-refractivity contribution in [2.45, 2.75) is 34.1 Å². The lowest BCUT2D eigenvalue weighted by molar-refractivity contribution is -0.145. The summed E-state index contributed by atoms with van der Waals surface area (Å²) in [4.78, 5) is 30.5. The number of carboxylic acids is 1. The number of aliphatic carboxylic acids is 1. The monoisotopic (exact) mass is 330 g/mol. The third-order valence-corrected chi connectivity index (χ3v) is 4.79. The van der Waals surface area contributed by atoms with E-state index in [4.69, 9.17) is 0 Å². The van der Waals surface area contributed by atoms with E-state index in [2.05, 4.69) is 10.1 Å². The van der Waals surface area contributed by atoms with E-state index < -0.39 is 5.97 Å². The number of fused-ring (bicyclic) bond motifs is 1. The Morgan fingerprint density at radius 1 is 1.29 bits per heavy atom. The maximum absolute atomic E-state index is 13.0. The summed E-state index contributed by atoms with van der Waals surface area (Å²) < 4.78 is 1.70. The summed E-state index contributed by atoms with van der Waals surface area (Å²) in [6.45, 7) is 8.41. The molecule has 3 heterocycles. The van der Waals surface area contributed by atoms with E-state index in [-0.39, 0.29) is 17.7 Å². The Morgan fingerprint density at radius 3 is 2.62 bits per heavy atom. The molecule has 1 amide bonds. The van der Waals surface area contributed by atoms with E-state index in [1.807, 2.05) is 33.8 Å². The minimum absolute atomic E-state index is 0.0706. The highest BCUT2D eigenvalue weighted by atomic mass is 16.4. The van der Waals surface area contributed by atoms with Crippen molar-refractivity contribution >= 4 is 17.5 Å². The van der Waals surface area contributed by atoms with Crippen molar-refractivity contribution < 1.29 is 14.7 Å². The van der Waals surface area contributed by atoms with Gasteiger partial charge in [-0.1, -0.05) is 6.92 Å². The van der Waals surface area contributed by atoms with Gasteiger partial charge in [0.2, 0.25) is 0 Å². The molecule has 3 rings (SSSR count). The van der Waals surface area contributed by atoms with Gasteiger partial charge in [0.25, 0.3) is 5.91 Å². The molecule has 0 bridgehead atoms. The molecule has 2 aromatic heterocycles. The quantitative estimate of drug-likeness (QED) is 0.908. The fraction of sp³-hybridized carbons (Fsp3) is 0.529. The molecule has 1 aliphatic rings. The van der Waals surface area contributed by atoms with Crippen molar-refractivity contribution in [3.8, 4) is 0 Å². The number of carbonyl (C=O) groups is 2. The standard InChI is InChI=1S/C17H22N4O3/c1-9-8-20(6-5-13(9)17(23)24)16(22)14-12(4)19-21-11(3)7-10(2)18-15(14)21/h7,9,13H,5-6,8H2,1-4H3,(H,23,24). The molecule has 7 heteroatoms. The Bertz CT molecular complexity index is 827. The summed E-state index contributed by atoms with van der Waals surface area (Å²) in [6.07, 6.45) is 0.478. The van der Waals surface area contributed by atoms with E-state index in [1.165, 1.54) is 0 Å². The number of hydrogen-bond acceptors (Lipinski definition) is 4. The van der Waals surface area contributed by atoms with Crippen LogP contribution in [0.3, 0.4) is 0 Å². The summed E-state index contributed by atoms with van der Waals surface area (Å²) in [5.74, 6) is -1.36. The van der Waals surface area contributed by atoms with Gasteiger partial charge < -0.3 is 10.0 Å². The first-order valence-electron chi connectivity index (χ1n) is 8.15. The van der Waals surface area contributed by atoms with Gasteiger partial charge in [-0.15, -0.1) is 0 Å². The van der Waals surface area contributed by atoms with Crippen molar-refractivity contribution in [3.63, 3.8) is 0 Å². The Labute approximate surface area is 140 Å². The zero-order chi connectivity index (χ0) is 17.6. The molecule has 0 radical (unpaired) electrons. The van der Waals surface area contributed by atoms with Gasteiger partial charge in [-0.2, -0.15) is 5.10 Å². The van der Waals surface area contributed by atoms with Gasteiger partial charge in [-0.3, -0.25) is 9.59 Å². The van der Waals surface area contributed by atoms with Crippen LogP contribution in [0, 0.1) is 32.6 Å². The second-order valence-electron chi connectivity index (χ2n) is 6.70. The van der Waals surface area contributed by atoms with Gasteiger partial charge in [0.1, 0.15) is 5.56 Å². The van der Waals surface area contributed by atoms with Crippen LogP contribution in [-0.2, 0) is 4.79 Å². The Hall–Kier alpha value is -2.44. The van der Waals surface area contributed by atoms with Crippen LogP contribution < -0.4 is 0 Å². The van der Waals surface area contributed by atoms with E-state index in [1.54, 1.807) is 9.42 Å². The molecule has 1 N–H and O–H groups in total. The molecule has 2 aromatic rings. The number of carboxylic acid groups (broad SMARTS) is 1. The van der Waals surface area contributed by atoms with Crippen molar-refractivity contribution in [3.05, 3.63) is 28.7 Å². The summed E-state index contributed by atoms with van der Waals surface area (Å²) in [6, 6.07) is 1.92.